The minimum atomic E-state index is -3.65. The van der Waals surface area contributed by atoms with Crippen LogP contribution >= 0.6 is 11.3 Å². The molecule has 22 heavy (non-hydrogen) atoms. The first-order chi connectivity index (χ1) is 10.5. The van der Waals surface area contributed by atoms with E-state index >= 15 is 0 Å². The molecule has 5 nitrogen and oxygen atoms in total. The molecule has 0 unspecified atom stereocenters. The predicted octanol–water partition coefficient (Wildman–Crippen LogP) is 2.84. The highest BCUT2D eigenvalue weighted by Crippen LogP contribution is 2.25. The number of nitriles is 1. The Bertz CT molecular complexity index is 778. The zero-order valence-corrected chi connectivity index (χ0v) is 13.9. The zero-order chi connectivity index (χ0) is 16.2. The van der Waals surface area contributed by atoms with Gasteiger partial charge in [0.2, 0.25) is 10.0 Å². The highest BCUT2D eigenvalue weighted by atomic mass is 32.2. The molecule has 0 N–H and O–H groups in total. The van der Waals surface area contributed by atoms with Crippen molar-refractivity contribution in [2.75, 3.05) is 13.7 Å². The SMILES string of the molecule is CCOc1ccc(S(=O)(=O)N(C)Cc2cccs2)cc1C#N. The minimum Gasteiger partial charge on any atom is -0.492 e. The largest absolute Gasteiger partial charge is 0.492 e. The van der Waals surface area contributed by atoms with Crippen LogP contribution in [0.4, 0.5) is 0 Å². The third kappa shape index (κ3) is 3.47. The Hall–Kier alpha value is -1.88. The van der Waals surface area contributed by atoms with Crippen molar-refractivity contribution in [2.45, 2.75) is 18.4 Å². The van der Waals surface area contributed by atoms with Gasteiger partial charge in [0, 0.05) is 18.5 Å². The molecular weight excluding hydrogens is 320 g/mol. The first-order valence-corrected chi connectivity index (χ1v) is 8.96. The van der Waals surface area contributed by atoms with Gasteiger partial charge in [0.25, 0.3) is 0 Å². The van der Waals surface area contributed by atoms with E-state index in [2.05, 4.69) is 0 Å². The van der Waals surface area contributed by atoms with Gasteiger partial charge in [-0.1, -0.05) is 6.07 Å². The van der Waals surface area contributed by atoms with Crippen LogP contribution in [0.15, 0.2) is 40.6 Å². The van der Waals surface area contributed by atoms with Crippen molar-refractivity contribution in [2.24, 2.45) is 0 Å². The van der Waals surface area contributed by atoms with Crippen LogP contribution in [-0.2, 0) is 16.6 Å². The molecule has 0 radical (unpaired) electrons. The molecule has 0 saturated carbocycles. The van der Waals surface area contributed by atoms with Gasteiger partial charge in [0.1, 0.15) is 11.8 Å². The average Bonchev–Trinajstić information content (AvgIpc) is 3.00. The van der Waals surface area contributed by atoms with E-state index in [-0.39, 0.29) is 10.5 Å². The van der Waals surface area contributed by atoms with Crippen LogP contribution in [0, 0.1) is 11.3 Å². The Kier molecular flexibility index (Phi) is 5.19. The van der Waals surface area contributed by atoms with Crippen LogP contribution < -0.4 is 4.74 Å². The second-order valence-corrected chi connectivity index (χ2v) is 7.62. The van der Waals surface area contributed by atoms with Crippen molar-refractivity contribution in [3.8, 4) is 11.8 Å². The maximum Gasteiger partial charge on any atom is 0.243 e. The van der Waals surface area contributed by atoms with Crippen LogP contribution in [0.5, 0.6) is 5.75 Å². The van der Waals surface area contributed by atoms with Gasteiger partial charge in [0.15, 0.2) is 0 Å². The summed E-state index contributed by atoms with van der Waals surface area (Å²) in [6.45, 7) is 2.52. The molecular formula is C15H16N2O3S2. The Morgan fingerprint density at radius 1 is 1.36 bits per heavy atom. The summed E-state index contributed by atoms with van der Waals surface area (Å²) in [5.41, 5.74) is 0.215. The fourth-order valence-electron chi connectivity index (χ4n) is 1.93. The third-order valence-electron chi connectivity index (χ3n) is 3.04. The van der Waals surface area contributed by atoms with Crippen LogP contribution in [0.2, 0.25) is 0 Å². The monoisotopic (exact) mass is 336 g/mol. The van der Waals surface area contributed by atoms with Crippen molar-refractivity contribution in [3.63, 3.8) is 0 Å². The summed E-state index contributed by atoms with van der Waals surface area (Å²) in [7, 11) is -2.12. The standard InChI is InChI=1S/C15H16N2O3S2/c1-3-20-15-7-6-14(9-12(15)10-16)22(18,19)17(2)11-13-5-4-8-21-13/h4-9H,3,11H2,1-2H3. The van der Waals surface area contributed by atoms with Gasteiger partial charge < -0.3 is 4.74 Å². The Balaban J connectivity index is 2.31. The number of nitrogens with zero attached hydrogens (tertiary/aromatic N) is 2. The molecule has 0 aliphatic heterocycles. The van der Waals surface area contributed by atoms with Crippen LogP contribution in [0.3, 0.4) is 0 Å². The Labute approximate surface area is 134 Å². The van der Waals surface area contributed by atoms with Crippen molar-refractivity contribution >= 4 is 21.4 Å². The molecule has 1 aromatic carbocycles. The zero-order valence-electron chi connectivity index (χ0n) is 12.3. The lowest BCUT2D eigenvalue weighted by atomic mass is 10.2. The molecule has 116 valence electrons. The maximum absolute atomic E-state index is 12.6. The van der Waals surface area contributed by atoms with Gasteiger partial charge >= 0.3 is 0 Å². The summed E-state index contributed by atoms with van der Waals surface area (Å²) >= 11 is 1.50. The van der Waals surface area contributed by atoms with Crippen molar-refractivity contribution in [1.29, 1.82) is 5.26 Å². The summed E-state index contributed by atoms with van der Waals surface area (Å²) in [6, 6.07) is 10.1. The fourth-order valence-corrected chi connectivity index (χ4v) is 3.94. The molecule has 0 amide bonds. The lowest BCUT2D eigenvalue weighted by Crippen LogP contribution is -2.26. The van der Waals surface area contributed by atoms with E-state index in [1.165, 1.54) is 40.9 Å². The minimum absolute atomic E-state index is 0.0894. The molecule has 0 fully saturated rings. The van der Waals surface area contributed by atoms with Gasteiger partial charge in [-0.3, -0.25) is 0 Å². The molecule has 0 aliphatic rings. The van der Waals surface area contributed by atoms with E-state index < -0.39 is 10.0 Å². The number of hydrogen-bond acceptors (Lipinski definition) is 5. The summed E-state index contributed by atoms with van der Waals surface area (Å²) in [4.78, 5) is 1.05. The number of benzene rings is 1. The van der Waals surface area contributed by atoms with Gasteiger partial charge in [-0.2, -0.15) is 9.57 Å². The number of sulfonamides is 1. The smallest absolute Gasteiger partial charge is 0.243 e. The number of rotatable bonds is 6. The van der Waals surface area contributed by atoms with E-state index in [1.54, 1.807) is 6.92 Å². The van der Waals surface area contributed by atoms with E-state index in [0.717, 1.165) is 4.88 Å². The number of hydrogen-bond donors (Lipinski definition) is 0. The van der Waals surface area contributed by atoms with Gasteiger partial charge in [0.05, 0.1) is 17.1 Å². The predicted molar refractivity (Wildman–Crippen MR) is 85.3 cm³/mol. The van der Waals surface area contributed by atoms with E-state index in [0.29, 0.717) is 18.9 Å². The molecule has 0 saturated heterocycles. The van der Waals surface area contributed by atoms with Gasteiger partial charge in [-0.05, 0) is 36.6 Å². The summed E-state index contributed by atoms with van der Waals surface area (Å²) in [5.74, 6) is 0.393. The van der Waals surface area contributed by atoms with E-state index in [1.807, 2.05) is 23.6 Å². The Morgan fingerprint density at radius 2 is 2.14 bits per heavy atom. The van der Waals surface area contributed by atoms with Crippen LogP contribution in [-0.4, -0.2) is 26.4 Å². The van der Waals surface area contributed by atoms with Gasteiger partial charge in [-0.25, -0.2) is 8.42 Å². The van der Waals surface area contributed by atoms with Gasteiger partial charge in [-0.15, -0.1) is 11.3 Å². The average molecular weight is 336 g/mol. The quantitative estimate of drug-likeness (QED) is 0.813. The van der Waals surface area contributed by atoms with Crippen molar-refractivity contribution < 1.29 is 13.2 Å². The van der Waals surface area contributed by atoms with Crippen molar-refractivity contribution in [1.82, 2.24) is 4.31 Å². The molecule has 1 aromatic heterocycles. The topological polar surface area (TPSA) is 70.4 Å². The van der Waals surface area contributed by atoms with E-state index in [9.17, 15) is 8.42 Å². The summed E-state index contributed by atoms with van der Waals surface area (Å²) in [5, 5.41) is 11.0. The summed E-state index contributed by atoms with van der Waals surface area (Å²) in [6.07, 6.45) is 0. The molecule has 2 rings (SSSR count). The molecule has 7 heteroatoms. The third-order valence-corrected chi connectivity index (χ3v) is 5.70. The molecule has 0 aliphatic carbocycles. The first kappa shape index (κ1) is 16.5. The maximum atomic E-state index is 12.6. The molecule has 0 spiro atoms. The second kappa shape index (κ2) is 6.92. The number of ether oxygens (including phenoxy) is 1. The van der Waals surface area contributed by atoms with Crippen LogP contribution in [0.25, 0.3) is 0 Å². The Morgan fingerprint density at radius 3 is 2.73 bits per heavy atom. The highest BCUT2D eigenvalue weighted by molar-refractivity contribution is 7.89. The van der Waals surface area contributed by atoms with Crippen LogP contribution in [0.1, 0.15) is 17.4 Å². The number of thiophene rings is 1. The normalized spacial score (nSPS) is 11.4. The molecule has 0 bridgehead atoms. The van der Waals surface area contributed by atoms with Crippen molar-refractivity contribution in [3.05, 3.63) is 46.2 Å². The molecule has 2 aromatic rings. The first-order valence-electron chi connectivity index (χ1n) is 6.64. The molecule has 1 heterocycles. The lowest BCUT2D eigenvalue weighted by Gasteiger charge is -2.17. The fraction of sp³-hybridized carbons (Fsp3) is 0.267. The second-order valence-electron chi connectivity index (χ2n) is 4.54. The summed E-state index contributed by atoms with van der Waals surface area (Å²) < 4.78 is 31.7. The lowest BCUT2D eigenvalue weighted by molar-refractivity contribution is 0.339. The molecule has 0 atom stereocenters. The van der Waals surface area contributed by atoms with E-state index in [4.69, 9.17) is 10.00 Å². The highest BCUT2D eigenvalue weighted by Gasteiger charge is 2.22.